The van der Waals surface area contributed by atoms with Gasteiger partial charge in [-0.2, -0.15) is 0 Å². The van der Waals surface area contributed by atoms with Crippen LogP contribution in [0.4, 0.5) is 4.79 Å². The molecule has 0 bridgehead atoms. The van der Waals surface area contributed by atoms with E-state index in [2.05, 4.69) is 43.1 Å². The van der Waals surface area contributed by atoms with Crippen molar-refractivity contribution in [1.82, 2.24) is 14.7 Å². The molecule has 1 saturated heterocycles. The predicted molar refractivity (Wildman–Crippen MR) is 173 cm³/mol. The number of amides is 3. The van der Waals surface area contributed by atoms with Crippen molar-refractivity contribution >= 4 is 17.8 Å². The van der Waals surface area contributed by atoms with Crippen molar-refractivity contribution in [2.75, 3.05) is 39.8 Å². The van der Waals surface area contributed by atoms with Crippen molar-refractivity contribution in [3.63, 3.8) is 0 Å². The number of benzene rings is 3. The van der Waals surface area contributed by atoms with Gasteiger partial charge in [0, 0.05) is 31.7 Å². The lowest BCUT2D eigenvalue weighted by atomic mass is 10.1. The molecular formula is C35H46N4O4. The minimum atomic E-state index is -0.190. The number of aliphatic imine (C=N–C) groups is 1. The molecule has 0 aromatic heterocycles. The molecule has 3 aromatic rings. The van der Waals surface area contributed by atoms with Crippen LogP contribution in [0.25, 0.3) is 0 Å². The predicted octanol–water partition coefficient (Wildman–Crippen LogP) is 6.21. The number of piperazine rings is 1. The van der Waals surface area contributed by atoms with Gasteiger partial charge in [-0.25, -0.2) is 4.79 Å². The van der Waals surface area contributed by atoms with Crippen LogP contribution in [-0.4, -0.2) is 84.5 Å². The number of amidine groups is 1. The summed E-state index contributed by atoms with van der Waals surface area (Å²) in [5, 5.41) is 0. The average Bonchev–Trinajstić information content (AvgIpc) is 3.47. The van der Waals surface area contributed by atoms with Gasteiger partial charge < -0.3 is 19.3 Å². The molecule has 2 aliphatic heterocycles. The van der Waals surface area contributed by atoms with E-state index < -0.39 is 0 Å². The Morgan fingerprint density at radius 2 is 1.44 bits per heavy atom. The maximum atomic E-state index is 13.2. The SMILES string of the molecule is COc1ccc(C2=NCCN2C(=O)N2CCN(C(C)C)C(=O)C2)c(OC(C)C)c1.Cc1ccccc1.Cc1ccccc1. The lowest BCUT2D eigenvalue weighted by molar-refractivity contribution is -0.136. The van der Waals surface area contributed by atoms with E-state index in [0.29, 0.717) is 43.5 Å². The monoisotopic (exact) mass is 586 g/mol. The van der Waals surface area contributed by atoms with E-state index in [1.807, 2.05) is 82.3 Å². The number of hydrogen-bond acceptors (Lipinski definition) is 5. The first-order valence-electron chi connectivity index (χ1n) is 14.9. The lowest BCUT2D eigenvalue weighted by Crippen LogP contribution is -2.57. The van der Waals surface area contributed by atoms with Crippen molar-refractivity contribution in [1.29, 1.82) is 0 Å². The van der Waals surface area contributed by atoms with E-state index in [4.69, 9.17) is 9.47 Å². The lowest BCUT2D eigenvalue weighted by Gasteiger charge is -2.38. The average molecular weight is 587 g/mol. The highest BCUT2D eigenvalue weighted by Gasteiger charge is 2.35. The van der Waals surface area contributed by atoms with Gasteiger partial charge in [0.15, 0.2) is 0 Å². The van der Waals surface area contributed by atoms with Crippen LogP contribution in [0, 0.1) is 13.8 Å². The molecule has 5 rings (SSSR count). The molecule has 0 saturated carbocycles. The second-order valence-electron chi connectivity index (χ2n) is 11.1. The molecule has 0 radical (unpaired) electrons. The standard InChI is InChI=1S/C21H30N4O4.2C7H8/c1-14(2)24-11-10-23(13-19(24)26)21(27)25-9-8-22-20(25)17-7-6-16(28-5)12-18(17)29-15(3)4;2*1-7-5-3-2-4-6-7/h6-7,12,14-15H,8-11,13H2,1-5H3;2*2-6H,1H3. The number of hydrogen-bond donors (Lipinski definition) is 0. The molecule has 1 fully saturated rings. The third kappa shape index (κ3) is 9.87. The second kappa shape index (κ2) is 16.3. The van der Waals surface area contributed by atoms with Gasteiger partial charge in [0.05, 0.1) is 25.3 Å². The Labute approximate surface area is 256 Å². The molecule has 8 heteroatoms. The Morgan fingerprint density at radius 1 is 0.837 bits per heavy atom. The molecule has 3 amide bonds. The summed E-state index contributed by atoms with van der Waals surface area (Å²) in [6.45, 7) is 14.2. The van der Waals surface area contributed by atoms with Crippen molar-refractivity contribution in [2.24, 2.45) is 4.99 Å². The molecule has 230 valence electrons. The maximum Gasteiger partial charge on any atom is 0.326 e. The number of aryl methyl sites for hydroxylation is 2. The smallest absolute Gasteiger partial charge is 0.326 e. The molecule has 3 aromatic carbocycles. The summed E-state index contributed by atoms with van der Waals surface area (Å²) in [5.74, 6) is 1.85. The Kier molecular flexibility index (Phi) is 12.6. The Hall–Kier alpha value is -4.33. The minimum Gasteiger partial charge on any atom is -0.497 e. The first-order valence-corrected chi connectivity index (χ1v) is 14.9. The van der Waals surface area contributed by atoms with Crippen molar-refractivity contribution in [3.05, 3.63) is 95.6 Å². The van der Waals surface area contributed by atoms with E-state index in [9.17, 15) is 9.59 Å². The van der Waals surface area contributed by atoms with Crippen LogP contribution < -0.4 is 9.47 Å². The second-order valence-corrected chi connectivity index (χ2v) is 11.1. The largest absolute Gasteiger partial charge is 0.497 e. The van der Waals surface area contributed by atoms with Crippen LogP contribution in [0.5, 0.6) is 11.5 Å². The van der Waals surface area contributed by atoms with Crippen molar-refractivity contribution in [3.8, 4) is 11.5 Å². The van der Waals surface area contributed by atoms with E-state index in [1.165, 1.54) is 11.1 Å². The molecule has 2 aliphatic rings. The summed E-state index contributed by atoms with van der Waals surface area (Å²) in [7, 11) is 1.60. The first kappa shape index (κ1) is 33.2. The maximum absolute atomic E-state index is 13.2. The summed E-state index contributed by atoms with van der Waals surface area (Å²) in [4.78, 5) is 35.2. The number of rotatable bonds is 5. The third-order valence-corrected chi connectivity index (χ3v) is 6.90. The fourth-order valence-corrected chi connectivity index (χ4v) is 4.66. The number of urea groups is 1. The van der Waals surface area contributed by atoms with Gasteiger partial charge in [-0.1, -0.05) is 71.8 Å². The van der Waals surface area contributed by atoms with E-state index in [-0.39, 0.29) is 30.6 Å². The number of methoxy groups -OCH3 is 1. The molecule has 0 N–H and O–H groups in total. The van der Waals surface area contributed by atoms with E-state index >= 15 is 0 Å². The minimum absolute atomic E-state index is 0.0226. The third-order valence-electron chi connectivity index (χ3n) is 6.90. The molecule has 0 spiro atoms. The van der Waals surface area contributed by atoms with Gasteiger partial charge >= 0.3 is 6.03 Å². The van der Waals surface area contributed by atoms with Crippen LogP contribution >= 0.6 is 0 Å². The van der Waals surface area contributed by atoms with Crippen LogP contribution in [0.2, 0.25) is 0 Å². The highest BCUT2D eigenvalue weighted by Crippen LogP contribution is 2.29. The Balaban J connectivity index is 0.000000293. The molecule has 43 heavy (non-hydrogen) atoms. The summed E-state index contributed by atoms with van der Waals surface area (Å²) >= 11 is 0. The zero-order valence-corrected chi connectivity index (χ0v) is 26.6. The zero-order chi connectivity index (χ0) is 31.4. The van der Waals surface area contributed by atoms with E-state index in [1.54, 1.807) is 21.8 Å². The molecule has 2 heterocycles. The Morgan fingerprint density at radius 3 is 1.91 bits per heavy atom. The van der Waals surface area contributed by atoms with Crippen LogP contribution in [-0.2, 0) is 4.79 Å². The summed E-state index contributed by atoms with van der Waals surface area (Å²) in [6.07, 6.45) is -0.0336. The normalized spacial score (nSPS) is 14.5. The number of ether oxygens (including phenoxy) is 2. The number of carbonyl (C=O) groups excluding carboxylic acids is 2. The molecule has 0 atom stereocenters. The first-order chi connectivity index (χ1) is 20.6. The summed E-state index contributed by atoms with van der Waals surface area (Å²) < 4.78 is 11.3. The van der Waals surface area contributed by atoms with E-state index in [0.717, 1.165) is 5.56 Å². The van der Waals surface area contributed by atoms with Gasteiger partial charge in [0.2, 0.25) is 5.91 Å². The van der Waals surface area contributed by atoms with Gasteiger partial charge in [-0.05, 0) is 53.7 Å². The number of nitrogens with zero attached hydrogens (tertiary/aromatic N) is 4. The molecule has 0 unspecified atom stereocenters. The molecule has 8 nitrogen and oxygen atoms in total. The Bertz CT molecular complexity index is 1300. The fourth-order valence-electron chi connectivity index (χ4n) is 4.66. The van der Waals surface area contributed by atoms with Crippen molar-refractivity contribution < 1.29 is 19.1 Å². The van der Waals surface area contributed by atoms with Crippen LogP contribution in [0.15, 0.2) is 83.9 Å². The molecular weight excluding hydrogens is 540 g/mol. The summed E-state index contributed by atoms with van der Waals surface area (Å²) in [5.41, 5.74) is 3.39. The van der Waals surface area contributed by atoms with Crippen LogP contribution in [0.3, 0.4) is 0 Å². The van der Waals surface area contributed by atoms with Gasteiger partial charge in [-0.3, -0.25) is 14.7 Å². The highest BCUT2D eigenvalue weighted by molar-refractivity contribution is 6.10. The zero-order valence-electron chi connectivity index (χ0n) is 26.6. The quantitative estimate of drug-likeness (QED) is 0.357. The van der Waals surface area contributed by atoms with Crippen LogP contribution in [0.1, 0.15) is 44.4 Å². The highest BCUT2D eigenvalue weighted by atomic mass is 16.5. The van der Waals surface area contributed by atoms with Crippen molar-refractivity contribution in [2.45, 2.75) is 53.7 Å². The van der Waals surface area contributed by atoms with Gasteiger partial charge in [0.25, 0.3) is 0 Å². The fraction of sp³-hybridized carbons (Fsp3) is 0.400. The number of carbonyl (C=O) groups is 2. The van der Waals surface area contributed by atoms with Gasteiger partial charge in [0.1, 0.15) is 23.9 Å². The summed E-state index contributed by atoms with van der Waals surface area (Å²) in [6, 6.07) is 26.0. The molecule has 0 aliphatic carbocycles. The van der Waals surface area contributed by atoms with Gasteiger partial charge in [-0.15, -0.1) is 0 Å². The topological polar surface area (TPSA) is 74.7 Å².